The van der Waals surface area contributed by atoms with Crippen LogP contribution in [0, 0.1) is 15.5 Å². The van der Waals surface area contributed by atoms with E-state index in [1.165, 1.54) is 12.1 Å². The molecular weight excluding hydrogens is 484 g/mol. The van der Waals surface area contributed by atoms with Gasteiger partial charge in [-0.1, -0.05) is 26.0 Å². The first kappa shape index (κ1) is 25.2. The first-order valence-corrected chi connectivity index (χ1v) is 12.6. The minimum Gasteiger partial charge on any atom is -0.357 e. The number of carbonyl (C=O) groups is 2. The van der Waals surface area contributed by atoms with Gasteiger partial charge in [0.15, 0.2) is 5.78 Å². The molecule has 10 heteroatoms. The Balaban J connectivity index is 1.55. The summed E-state index contributed by atoms with van der Waals surface area (Å²) in [6.45, 7) is 4.56. The molecule has 3 N–H and O–H groups in total. The minimum atomic E-state index is -0.594. The van der Waals surface area contributed by atoms with Gasteiger partial charge in [0, 0.05) is 54.7 Å². The number of para-hydroxylation sites is 2. The van der Waals surface area contributed by atoms with E-state index in [4.69, 9.17) is 0 Å². The van der Waals surface area contributed by atoms with Gasteiger partial charge in [-0.15, -0.1) is 0 Å². The van der Waals surface area contributed by atoms with Crippen LogP contribution in [0.15, 0.2) is 72.3 Å². The summed E-state index contributed by atoms with van der Waals surface area (Å²) >= 11 is 0. The highest BCUT2D eigenvalue weighted by Gasteiger charge is 2.42. The number of carbonyl (C=O) groups excluding carboxylic acids is 2. The lowest BCUT2D eigenvalue weighted by Crippen LogP contribution is -2.42. The second-order valence-corrected chi connectivity index (χ2v) is 10.5. The van der Waals surface area contributed by atoms with Crippen LogP contribution in [0.1, 0.15) is 44.0 Å². The fourth-order valence-electron chi connectivity index (χ4n) is 5.32. The van der Waals surface area contributed by atoms with E-state index >= 15 is 0 Å². The molecule has 0 saturated heterocycles. The first-order valence-electron chi connectivity index (χ1n) is 12.6. The zero-order valence-electron chi connectivity index (χ0n) is 21.4. The topological polar surface area (TPSA) is 133 Å². The minimum absolute atomic E-state index is 0.00320. The number of allylic oxidation sites excluding steroid dienone is 1. The molecule has 0 spiro atoms. The number of anilines is 2. The molecular formula is C28H30N6O4. The summed E-state index contributed by atoms with van der Waals surface area (Å²) in [4.78, 5) is 46.8. The van der Waals surface area contributed by atoms with Crippen molar-refractivity contribution in [2.24, 2.45) is 5.41 Å². The molecule has 5 rings (SSSR count). The van der Waals surface area contributed by atoms with Crippen LogP contribution in [0.3, 0.4) is 0 Å². The van der Waals surface area contributed by atoms with E-state index in [1.54, 1.807) is 24.7 Å². The van der Waals surface area contributed by atoms with Gasteiger partial charge in [-0.25, -0.2) is 4.98 Å². The van der Waals surface area contributed by atoms with Crippen molar-refractivity contribution in [3.8, 4) is 0 Å². The maximum absolute atomic E-state index is 13.7. The molecule has 38 heavy (non-hydrogen) atoms. The Kier molecular flexibility index (Phi) is 6.71. The van der Waals surface area contributed by atoms with Crippen LogP contribution in [-0.4, -0.2) is 39.7 Å². The zero-order valence-corrected chi connectivity index (χ0v) is 21.4. The molecule has 2 heterocycles. The number of nitrogens with one attached hydrogen (secondary N) is 3. The van der Waals surface area contributed by atoms with Crippen LogP contribution in [0.2, 0.25) is 0 Å². The highest BCUT2D eigenvalue weighted by Crippen LogP contribution is 2.48. The largest absolute Gasteiger partial charge is 0.357 e. The van der Waals surface area contributed by atoms with Gasteiger partial charge in [-0.05, 0) is 41.7 Å². The summed E-state index contributed by atoms with van der Waals surface area (Å²) in [5.74, 6) is -0.191. The third-order valence-corrected chi connectivity index (χ3v) is 7.01. The number of rotatable bonds is 7. The summed E-state index contributed by atoms with van der Waals surface area (Å²) in [7, 11) is 0. The van der Waals surface area contributed by atoms with Gasteiger partial charge in [0.05, 0.1) is 35.2 Å². The van der Waals surface area contributed by atoms with Crippen molar-refractivity contribution < 1.29 is 14.5 Å². The zero-order chi connectivity index (χ0) is 26.9. The molecule has 2 aromatic carbocycles. The molecule has 1 aliphatic carbocycles. The van der Waals surface area contributed by atoms with E-state index in [2.05, 4.69) is 34.4 Å². The van der Waals surface area contributed by atoms with Crippen molar-refractivity contribution >= 4 is 28.8 Å². The van der Waals surface area contributed by atoms with Crippen molar-refractivity contribution in [3.63, 3.8) is 0 Å². The van der Waals surface area contributed by atoms with Crippen molar-refractivity contribution in [1.82, 2.24) is 15.3 Å². The van der Waals surface area contributed by atoms with E-state index in [0.29, 0.717) is 36.9 Å². The molecule has 10 nitrogen and oxygen atoms in total. The standard InChI is InChI=1S/C28H30N6O4/c1-28(2)13-22-26(24(35)14-28)27(18-7-9-20(10-8-18)34(37)38)33(23-6-4-3-5-21(23)32-22)16-25(36)30-12-11-19-15-29-17-31-19/h3-10,15,17,27,32H,11-14,16H2,1-2H3,(H,29,31)(H,30,36). The number of ketones is 1. The van der Waals surface area contributed by atoms with Crippen molar-refractivity contribution in [2.45, 2.75) is 39.2 Å². The fourth-order valence-corrected chi connectivity index (χ4v) is 5.32. The number of non-ortho nitro benzene ring substituents is 1. The third-order valence-electron chi connectivity index (χ3n) is 7.01. The Morgan fingerprint density at radius 3 is 2.66 bits per heavy atom. The lowest BCUT2D eigenvalue weighted by atomic mass is 9.73. The molecule has 2 aliphatic rings. The average Bonchev–Trinajstić information content (AvgIpc) is 3.34. The van der Waals surface area contributed by atoms with Crippen LogP contribution in [0.5, 0.6) is 0 Å². The number of aromatic amines is 1. The van der Waals surface area contributed by atoms with Gasteiger partial charge in [-0.3, -0.25) is 19.7 Å². The number of hydrogen-bond acceptors (Lipinski definition) is 7. The van der Waals surface area contributed by atoms with Crippen molar-refractivity contribution in [1.29, 1.82) is 0 Å². The van der Waals surface area contributed by atoms with Gasteiger partial charge in [0.2, 0.25) is 5.91 Å². The maximum Gasteiger partial charge on any atom is 0.269 e. The second kappa shape index (κ2) is 10.1. The molecule has 0 saturated carbocycles. The Labute approximate surface area is 220 Å². The molecule has 1 aromatic heterocycles. The average molecular weight is 515 g/mol. The summed E-state index contributed by atoms with van der Waals surface area (Å²) in [6.07, 6.45) is 4.96. The van der Waals surface area contributed by atoms with Gasteiger partial charge in [0.1, 0.15) is 0 Å². The van der Waals surface area contributed by atoms with Crippen LogP contribution in [0.25, 0.3) is 0 Å². The number of hydrogen-bond donors (Lipinski definition) is 3. The summed E-state index contributed by atoms with van der Waals surface area (Å²) in [5.41, 5.74) is 4.37. The smallest absolute Gasteiger partial charge is 0.269 e. The van der Waals surface area contributed by atoms with Gasteiger partial charge < -0.3 is 20.5 Å². The van der Waals surface area contributed by atoms with E-state index in [0.717, 1.165) is 22.8 Å². The highest BCUT2D eigenvalue weighted by molar-refractivity contribution is 6.01. The van der Waals surface area contributed by atoms with Crippen LogP contribution in [0.4, 0.5) is 17.1 Å². The highest BCUT2D eigenvalue weighted by atomic mass is 16.6. The maximum atomic E-state index is 13.7. The number of aromatic nitrogens is 2. The van der Waals surface area contributed by atoms with Crippen LogP contribution < -0.4 is 15.5 Å². The molecule has 1 unspecified atom stereocenters. The quantitative estimate of drug-likeness (QED) is 0.316. The number of H-pyrrole nitrogens is 1. The van der Waals surface area contributed by atoms with Gasteiger partial charge in [-0.2, -0.15) is 0 Å². The molecule has 3 aromatic rings. The molecule has 1 amide bonds. The fraction of sp³-hybridized carbons (Fsp3) is 0.321. The summed E-state index contributed by atoms with van der Waals surface area (Å²) in [5, 5.41) is 17.8. The normalized spacial score (nSPS) is 18.2. The van der Waals surface area contributed by atoms with E-state index in [9.17, 15) is 19.7 Å². The molecule has 0 bridgehead atoms. The number of nitro benzene ring substituents is 1. The Morgan fingerprint density at radius 1 is 1.18 bits per heavy atom. The van der Waals surface area contributed by atoms with Crippen LogP contribution in [-0.2, 0) is 16.0 Å². The van der Waals surface area contributed by atoms with E-state index < -0.39 is 11.0 Å². The van der Waals surface area contributed by atoms with Gasteiger partial charge in [0.25, 0.3) is 5.69 Å². The Morgan fingerprint density at radius 2 is 1.95 bits per heavy atom. The third kappa shape index (κ3) is 5.15. The molecule has 1 aliphatic heterocycles. The summed E-state index contributed by atoms with van der Waals surface area (Å²) < 4.78 is 0. The number of fused-ring (bicyclic) bond motifs is 1. The lowest BCUT2D eigenvalue weighted by molar-refractivity contribution is -0.384. The molecule has 1 atom stereocenters. The van der Waals surface area contributed by atoms with Gasteiger partial charge >= 0.3 is 0 Å². The predicted molar refractivity (Wildman–Crippen MR) is 144 cm³/mol. The van der Waals surface area contributed by atoms with E-state index in [1.807, 2.05) is 29.2 Å². The number of nitro groups is 1. The number of amides is 1. The van der Waals surface area contributed by atoms with Crippen molar-refractivity contribution in [2.75, 3.05) is 23.3 Å². The molecule has 0 fully saturated rings. The molecule has 0 radical (unpaired) electrons. The number of Topliss-reactive ketones (excluding diaryl/α,β-unsaturated/α-hetero) is 1. The number of benzene rings is 2. The predicted octanol–water partition coefficient (Wildman–Crippen LogP) is 4.29. The van der Waals surface area contributed by atoms with E-state index in [-0.39, 0.29) is 29.3 Å². The SMILES string of the molecule is CC1(C)CC(=O)C2=C(C1)Nc1ccccc1N(CC(=O)NCCc1cnc[nH]1)C2c1ccc([N+](=O)[O-])cc1. The molecule has 196 valence electrons. The van der Waals surface area contributed by atoms with Crippen molar-refractivity contribution in [3.05, 3.63) is 93.7 Å². The number of nitrogens with zero attached hydrogens (tertiary/aromatic N) is 3. The monoisotopic (exact) mass is 514 g/mol. The summed E-state index contributed by atoms with van der Waals surface area (Å²) in [6, 6.07) is 13.3. The number of imidazole rings is 1. The first-order chi connectivity index (χ1) is 18.2. The Hall–Kier alpha value is -4.47. The second-order valence-electron chi connectivity index (χ2n) is 10.5. The lowest BCUT2D eigenvalue weighted by Gasteiger charge is -2.37. The Bertz CT molecular complexity index is 1390. The van der Waals surface area contributed by atoms with Crippen LogP contribution >= 0.6 is 0 Å².